The second-order valence-electron chi connectivity index (χ2n) is 16.6. The Bertz CT molecular complexity index is 2040. The predicted octanol–water partition coefficient (Wildman–Crippen LogP) is 13.8. The number of rotatable bonds is 26. The Balaban J connectivity index is 1.62. The molecule has 0 aliphatic rings. The molecule has 0 saturated heterocycles. The van der Waals surface area contributed by atoms with Crippen molar-refractivity contribution in [3.05, 3.63) is 89.6 Å². The third-order valence-corrected chi connectivity index (χ3v) is 12.2. The van der Waals surface area contributed by atoms with Crippen LogP contribution in [0.3, 0.4) is 0 Å². The van der Waals surface area contributed by atoms with E-state index in [1.807, 2.05) is 49.4 Å². The Hall–Kier alpha value is -4.85. The number of aromatic nitrogens is 4. The molecule has 3 aromatic carbocycles. The number of hydrogen-bond donors (Lipinski definition) is 1. The summed E-state index contributed by atoms with van der Waals surface area (Å²) in [6.07, 6.45) is 15.7. The van der Waals surface area contributed by atoms with Crippen molar-refractivity contribution in [1.82, 2.24) is 19.5 Å². The Labute approximate surface area is 361 Å². The van der Waals surface area contributed by atoms with Crippen molar-refractivity contribution in [2.75, 3.05) is 19.8 Å². The van der Waals surface area contributed by atoms with Gasteiger partial charge < -0.3 is 23.9 Å². The van der Waals surface area contributed by atoms with Crippen LogP contribution >= 0.6 is 0 Å². The number of aromatic hydroxyl groups is 1. The molecular formula is C52H72N4O4. The Morgan fingerprint density at radius 2 is 1.05 bits per heavy atom. The third kappa shape index (κ3) is 12.4. The first-order chi connectivity index (χ1) is 29.2. The van der Waals surface area contributed by atoms with Crippen LogP contribution in [0.4, 0.5) is 0 Å². The van der Waals surface area contributed by atoms with Crippen molar-refractivity contribution in [2.24, 2.45) is 17.8 Å². The summed E-state index contributed by atoms with van der Waals surface area (Å²) in [6, 6.07) is 22.3. The number of unbranched alkanes of at least 4 members (excludes halogenated alkanes) is 3. The third-order valence-electron chi connectivity index (χ3n) is 12.2. The van der Waals surface area contributed by atoms with E-state index in [-0.39, 0.29) is 5.75 Å². The molecule has 0 amide bonds. The molecule has 5 aromatic rings. The standard InChI is InChI=1S/C52H72N4O4/c1-9-15-22-39(12-4)34-58-46-30-28-43(48(57)37(46)7)50-53-51(55-52(54-50)45-27-21-32-56(45)33-42-25-19-18-20-26-42)44-29-31-47(59-35-40(13-5)23-16-10-2)38(8)49(44)60-36-41(14-6)24-17-11-3/h18-21,25-32,39-41,57H,9-17,22-24,33-36H2,1-8H3. The lowest BCUT2D eigenvalue weighted by Gasteiger charge is -2.22. The average molecular weight is 817 g/mol. The van der Waals surface area contributed by atoms with Crippen LogP contribution in [0.1, 0.15) is 135 Å². The number of phenols is 1. The largest absolute Gasteiger partial charge is 0.507 e. The quantitative estimate of drug-likeness (QED) is 0.0594. The molecule has 0 fully saturated rings. The Morgan fingerprint density at radius 1 is 0.550 bits per heavy atom. The summed E-state index contributed by atoms with van der Waals surface area (Å²) in [4.78, 5) is 15.4. The van der Waals surface area contributed by atoms with Gasteiger partial charge in [0.15, 0.2) is 17.5 Å². The second-order valence-corrected chi connectivity index (χ2v) is 16.6. The highest BCUT2D eigenvalue weighted by molar-refractivity contribution is 5.75. The molecule has 8 nitrogen and oxygen atoms in total. The number of hydrogen-bond acceptors (Lipinski definition) is 7. The van der Waals surface area contributed by atoms with E-state index < -0.39 is 0 Å². The van der Waals surface area contributed by atoms with Gasteiger partial charge in [0.05, 0.1) is 36.6 Å². The highest BCUT2D eigenvalue weighted by Gasteiger charge is 2.24. The van der Waals surface area contributed by atoms with Crippen LogP contribution < -0.4 is 14.2 Å². The zero-order valence-corrected chi connectivity index (χ0v) is 37.9. The van der Waals surface area contributed by atoms with Crippen molar-refractivity contribution < 1.29 is 19.3 Å². The second kappa shape index (κ2) is 23.8. The molecule has 8 heteroatoms. The number of nitrogens with zero attached hydrogens (tertiary/aromatic N) is 4. The van der Waals surface area contributed by atoms with Crippen LogP contribution in [0.2, 0.25) is 0 Å². The normalized spacial score (nSPS) is 12.9. The summed E-state index contributed by atoms with van der Waals surface area (Å²) in [5.74, 6) is 5.07. The summed E-state index contributed by atoms with van der Waals surface area (Å²) in [6.45, 7) is 19.9. The van der Waals surface area contributed by atoms with Gasteiger partial charge >= 0.3 is 0 Å². The fraction of sp³-hybridized carbons (Fsp3) is 0.519. The van der Waals surface area contributed by atoms with Crippen LogP contribution in [0.15, 0.2) is 72.9 Å². The predicted molar refractivity (Wildman–Crippen MR) is 247 cm³/mol. The van der Waals surface area contributed by atoms with Gasteiger partial charge in [-0.05, 0) is 92.8 Å². The molecular weight excluding hydrogens is 745 g/mol. The van der Waals surface area contributed by atoms with Crippen molar-refractivity contribution >= 4 is 0 Å². The van der Waals surface area contributed by atoms with E-state index in [2.05, 4.69) is 83.5 Å². The van der Waals surface area contributed by atoms with E-state index in [1.54, 1.807) is 0 Å². The molecule has 0 bridgehead atoms. The highest BCUT2D eigenvalue weighted by Crippen LogP contribution is 2.41. The van der Waals surface area contributed by atoms with Gasteiger partial charge in [-0.1, -0.05) is 130 Å². The maximum absolute atomic E-state index is 11.9. The van der Waals surface area contributed by atoms with E-state index in [9.17, 15) is 5.11 Å². The van der Waals surface area contributed by atoms with Crippen LogP contribution in [0.5, 0.6) is 23.0 Å². The van der Waals surface area contributed by atoms with E-state index >= 15 is 0 Å². The summed E-state index contributed by atoms with van der Waals surface area (Å²) in [5.41, 5.74) is 4.90. The molecule has 1 N–H and O–H groups in total. The van der Waals surface area contributed by atoms with Gasteiger partial charge in [0.25, 0.3) is 0 Å². The molecule has 0 aliphatic heterocycles. The van der Waals surface area contributed by atoms with Gasteiger partial charge in [0.1, 0.15) is 23.0 Å². The zero-order valence-electron chi connectivity index (χ0n) is 37.9. The molecule has 3 unspecified atom stereocenters. The van der Waals surface area contributed by atoms with Crippen molar-refractivity contribution in [1.29, 1.82) is 0 Å². The molecule has 3 atom stereocenters. The minimum absolute atomic E-state index is 0.100. The molecule has 0 saturated carbocycles. The van der Waals surface area contributed by atoms with Gasteiger partial charge in [-0.2, -0.15) is 0 Å². The molecule has 0 radical (unpaired) electrons. The summed E-state index contributed by atoms with van der Waals surface area (Å²) in [7, 11) is 0. The number of benzene rings is 3. The van der Waals surface area contributed by atoms with Crippen molar-refractivity contribution in [3.63, 3.8) is 0 Å². The molecule has 60 heavy (non-hydrogen) atoms. The van der Waals surface area contributed by atoms with E-state index in [4.69, 9.17) is 29.2 Å². The summed E-state index contributed by atoms with van der Waals surface area (Å²) >= 11 is 0. The maximum Gasteiger partial charge on any atom is 0.180 e. The summed E-state index contributed by atoms with van der Waals surface area (Å²) in [5, 5.41) is 11.9. The molecule has 0 aliphatic carbocycles. The number of phenolic OH excluding ortho intramolecular Hbond substituents is 1. The van der Waals surface area contributed by atoms with Gasteiger partial charge in [0, 0.05) is 23.9 Å². The summed E-state index contributed by atoms with van der Waals surface area (Å²) < 4.78 is 22.0. The van der Waals surface area contributed by atoms with Gasteiger partial charge in [-0.15, -0.1) is 0 Å². The first-order valence-electron chi connectivity index (χ1n) is 23.0. The molecule has 2 aromatic heterocycles. The molecule has 2 heterocycles. The van der Waals surface area contributed by atoms with Gasteiger partial charge in [-0.3, -0.25) is 0 Å². The minimum atomic E-state index is 0.100. The lowest BCUT2D eigenvalue weighted by Crippen LogP contribution is -2.14. The minimum Gasteiger partial charge on any atom is -0.507 e. The highest BCUT2D eigenvalue weighted by atomic mass is 16.5. The van der Waals surface area contributed by atoms with Gasteiger partial charge in [0.2, 0.25) is 0 Å². The van der Waals surface area contributed by atoms with Crippen molar-refractivity contribution in [3.8, 4) is 57.3 Å². The monoisotopic (exact) mass is 817 g/mol. The lowest BCUT2D eigenvalue weighted by molar-refractivity contribution is 0.221. The van der Waals surface area contributed by atoms with Crippen LogP contribution in [-0.4, -0.2) is 44.4 Å². The van der Waals surface area contributed by atoms with Gasteiger partial charge in [-0.25, -0.2) is 15.0 Å². The SMILES string of the molecule is CCCCC(CC)COc1ccc(-c2nc(-c3ccc(OCC(CC)CCCC)c(C)c3OCC(CC)CCCC)nc(-c3cccn3Cc3ccccc3)n2)c(O)c1C. The van der Waals surface area contributed by atoms with E-state index in [0.29, 0.717) is 78.5 Å². The first kappa shape index (κ1) is 46.2. The maximum atomic E-state index is 11.9. The Morgan fingerprint density at radius 3 is 1.60 bits per heavy atom. The fourth-order valence-electron chi connectivity index (χ4n) is 7.79. The van der Waals surface area contributed by atoms with E-state index in [1.165, 1.54) is 37.7 Å². The number of ether oxygens (including phenoxy) is 3. The molecule has 324 valence electrons. The molecule has 0 spiro atoms. The molecule has 5 rings (SSSR count). The average Bonchev–Trinajstić information content (AvgIpc) is 3.74. The fourth-order valence-corrected chi connectivity index (χ4v) is 7.79. The van der Waals surface area contributed by atoms with Crippen molar-refractivity contribution in [2.45, 2.75) is 139 Å². The topological polar surface area (TPSA) is 91.5 Å². The zero-order chi connectivity index (χ0) is 42.9. The van der Waals surface area contributed by atoms with Crippen LogP contribution in [0, 0.1) is 31.6 Å². The first-order valence-corrected chi connectivity index (χ1v) is 23.0. The van der Waals surface area contributed by atoms with E-state index in [0.717, 1.165) is 73.3 Å². The Kier molecular flexibility index (Phi) is 18.3. The smallest absolute Gasteiger partial charge is 0.180 e. The van der Waals surface area contributed by atoms with Crippen LogP contribution in [0.25, 0.3) is 34.3 Å². The van der Waals surface area contributed by atoms with Crippen LogP contribution in [-0.2, 0) is 6.54 Å². The lowest BCUT2D eigenvalue weighted by atomic mass is 10.00.